The molecular weight excluding hydrogens is 370 g/mol. The molecule has 0 saturated heterocycles. The number of ether oxygens (including phenoxy) is 1. The number of benzene rings is 2. The third-order valence-electron chi connectivity index (χ3n) is 4.47. The summed E-state index contributed by atoms with van der Waals surface area (Å²) in [5, 5.41) is 14.2. The average molecular weight is 393 g/mol. The van der Waals surface area contributed by atoms with E-state index in [0.29, 0.717) is 21.7 Å². The minimum absolute atomic E-state index is 0.159. The lowest BCUT2D eigenvalue weighted by Gasteiger charge is -2.16. The van der Waals surface area contributed by atoms with Crippen molar-refractivity contribution in [2.75, 3.05) is 18.5 Å². The normalized spacial score (nSPS) is 10.6. The minimum Gasteiger partial charge on any atom is -0.462 e. The fourth-order valence-electron chi connectivity index (χ4n) is 2.90. The number of nitrogens with zero attached hydrogens (tertiary/aromatic N) is 2. The summed E-state index contributed by atoms with van der Waals surface area (Å²) in [5.41, 5.74) is 3.54. The summed E-state index contributed by atoms with van der Waals surface area (Å²) in [6.45, 7) is 5.78. The predicted molar refractivity (Wildman–Crippen MR) is 111 cm³/mol. The third kappa shape index (κ3) is 4.35. The van der Waals surface area contributed by atoms with Crippen LogP contribution in [-0.4, -0.2) is 40.3 Å². The van der Waals surface area contributed by atoms with Crippen LogP contribution in [0.1, 0.15) is 40.1 Å². The van der Waals surface area contributed by atoms with Crippen molar-refractivity contribution >= 4 is 34.2 Å². The van der Waals surface area contributed by atoms with Crippen LogP contribution in [0.3, 0.4) is 0 Å². The van der Waals surface area contributed by atoms with E-state index in [1.54, 1.807) is 32.0 Å². The number of aromatic nitrogens is 1. The zero-order chi connectivity index (χ0) is 21.0. The number of anilines is 2. The molecule has 0 spiro atoms. The van der Waals surface area contributed by atoms with Gasteiger partial charge in [-0.25, -0.2) is 9.86 Å². The van der Waals surface area contributed by atoms with Gasteiger partial charge in [0.1, 0.15) is 5.56 Å². The van der Waals surface area contributed by atoms with Gasteiger partial charge < -0.3 is 10.1 Å². The molecule has 0 atom stereocenters. The number of fused-ring (bicyclic) bond motifs is 1. The van der Waals surface area contributed by atoms with Crippen LogP contribution in [0.2, 0.25) is 0 Å². The molecule has 7 nitrogen and oxygen atoms in total. The van der Waals surface area contributed by atoms with Crippen molar-refractivity contribution < 1.29 is 19.5 Å². The van der Waals surface area contributed by atoms with Crippen LogP contribution < -0.4 is 5.32 Å². The van der Waals surface area contributed by atoms with E-state index in [1.807, 2.05) is 31.2 Å². The van der Waals surface area contributed by atoms with E-state index in [4.69, 9.17) is 4.74 Å². The smallest absolute Gasteiger partial charge is 0.341 e. The highest BCUT2D eigenvalue weighted by Crippen LogP contribution is 2.31. The van der Waals surface area contributed by atoms with Crippen molar-refractivity contribution in [1.82, 2.24) is 10.0 Å². The fraction of sp³-hybridized carbons (Fsp3) is 0.227. The Morgan fingerprint density at radius 1 is 1.14 bits per heavy atom. The number of hydroxylamine groups is 2. The van der Waals surface area contributed by atoms with Crippen molar-refractivity contribution in [1.29, 1.82) is 0 Å². The monoisotopic (exact) mass is 393 g/mol. The van der Waals surface area contributed by atoms with Gasteiger partial charge in [0.05, 0.1) is 17.8 Å². The maximum atomic E-state index is 12.5. The van der Waals surface area contributed by atoms with E-state index in [0.717, 1.165) is 11.3 Å². The molecule has 7 heteroatoms. The van der Waals surface area contributed by atoms with Crippen LogP contribution in [0.4, 0.5) is 11.4 Å². The molecule has 0 fully saturated rings. The highest BCUT2D eigenvalue weighted by molar-refractivity contribution is 6.08. The van der Waals surface area contributed by atoms with E-state index < -0.39 is 11.9 Å². The molecule has 150 valence electrons. The van der Waals surface area contributed by atoms with Gasteiger partial charge in [-0.15, -0.1) is 0 Å². The summed E-state index contributed by atoms with van der Waals surface area (Å²) in [7, 11) is 0. The van der Waals surface area contributed by atoms with Crippen LogP contribution in [0.15, 0.2) is 48.7 Å². The number of carbonyl (C=O) groups excluding carboxylic acids is 2. The van der Waals surface area contributed by atoms with Crippen LogP contribution in [0.25, 0.3) is 10.9 Å². The van der Waals surface area contributed by atoms with Crippen LogP contribution in [0.5, 0.6) is 0 Å². The lowest BCUT2D eigenvalue weighted by molar-refractivity contribution is -0.0541. The number of rotatable bonds is 6. The van der Waals surface area contributed by atoms with E-state index >= 15 is 0 Å². The second-order valence-corrected chi connectivity index (χ2v) is 6.51. The molecule has 1 aromatic heterocycles. The first-order valence-corrected chi connectivity index (χ1v) is 9.38. The summed E-state index contributed by atoms with van der Waals surface area (Å²) in [6, 6.07) is 12.6. The highest BCUT2D eigenvalue weighted by Gasteiger charge is 2.19. The van der Waals surface area contributed by atoms with Gasteiger partial charge >= 0.3 is 5.97 Å². The standard InChI is InChI=1S/C22H23N3O4/c1-4-25(28)21(26)15-8-11-19-17(12-15)20(18(13-23-19)22(27)29-5-2)24-16-9-6-14(3)7-10-16/h6-13,28H,4-5H2,1-3H3,(H,23,24). The molecule has 3 aromatic rings. The van der Waals surface area contributed by atoms with Gasteiger partial charge in [-0.05, 0) is 51.1 Å². The topological polar surface area (TPSA) is 91.8 Å². The number of aryl methyl sites for hydroxylation is 1. The number of pyridine rings is 1. The van der Waals surface area contributed by atoms with Gasteiger partial charge in [-0.3, -0.25) is 15.0 Å². The second-order valence-electron chi connectivity index (χ2n) is 6.51. The largest absolute Gasteiger partial charge is 0.462 e. The lowest BCUT2D eigenvalue weighted by atomic mass is 10.0. The SMILES string of the molecule is CCOC(=O)c1cnc2ccc(C(=O)N(O)CC)cc2c1Nc1ccc(C)cc1. The molecule has 29 heavy (non-hydrogen) atoms. The summed E-state index contributed by atoms with van der Waals surface area (Å²) in [4.78, 5) is 29.2. The molecule has 0 aliphatic heterocycles. The molecule has 0 saturated carbocycles. The molecule has 1 heterocycles. The number of hydrogen-bond acceptors (Lipinski definition) is 6. The first-order chi connectivity index (χ1) is 13.9. The fourth-order valence-corrected chi connectivity index (χ4v) is 2.90. The molecule has 0 unspecified atom stereocenters. The first-order valence-electron chi connectivity index (χ1n) is 9.38. The Kier molecular flexibility index (Phi) is 6.09. The van der Waals surface area contributed by atoms with Gasteiger partial charge in [0, 0.05) is 29.4 Å². The molecule has 2 N–H and O–H groups in total. The Balaban J connectivity index is 2.17. The molecule has 0 radical (unpaired) electrons. The number of hydrogen-bond donors (Lipinski definition) is 2. The van der Waals surface area contributed by atoms with E-state index in [1.165, 1.54) is 6.20 Å². The van der Waals surface area contributed by atoms with Crippen LogP contribution >= 0.6 is 0 Å². The van der Waals surface area contributed by atoms with Crippen molar-refractivity contribution in [2.45, 2.75) is 20.8 Å². The first kappa shape index (κ1) is 20.3. The Labute approximate surface area is 168 Å². The van der Waals surface area contributed by atoms with E-state index in [2.05, 4.69) is 10.3 Å². The van der Waals surface area contributed by atoms with Gasteiger partial charge in [0.25, 0.3) is 5.91 Å². The van der Waals surface area contributed by atoms with Crippen molar-refractivity contribution in [3.8, 4) is 0 Å². The summed E-state index contributed by atoms with van der Waals surface area (Å²) in [5.74, 6) is -1.04. The molecule has 0 aliphatic rings. The Hall–Kier alpha value is -3.45. The van der Waals surface area contributed by atoms with Crippen molar-refractivity contribution in [2.24, 2.45) is 0 Å². The van der Waals surface area contributed by atoms with E-state index in [9.17, 15) is 14.8 Å². The van der Waals surface area contributed by atoms with Crippen molar-refractivity contribution in [3.05, 3.63) is 65.4 Å². The maximum Gasteiger partial charge on any atom is 0.341 e. The van der Waals surface area contributed by atoms with Gasteiger partial charge in [-0.2, -0.15) is 0 Å². The number of esters is 1. The molecule has 0 bridgehead atoms. The molecular formula is C22H23N3O4. The second kappa shape index (κ2) is 8.70. The van der Waals surface area contributed by atoms with Crippen LogP contribution in [-0.2, 0) is 4.74 Å². The van der Waals surface area contributed by atoms with E-state index in [-0.39, 0.29) is 24.3 Å². The Morgan fingerprint density at radius 3 is 2.52 bits per heavy atom. The molecule has 1 amide bonds. The average Bonchev–Trinajstić information content (AvgIpc) is 2.74. The molecule has 2 aromatic carbocycles. The van der Waals surface area contributed by atoms with Crippen molar-refractivity contribution in [3.63, 3.8) is 0 Å². The summed E-state index contributed by atoms with van der Waals surface area (Å²) < 4.78 is 5.17. The molecule has 3 rings (SSSR count). The van der Waals surface area contributed by atoms with Gasteiger partial charge in [0.2, 0.25) is 0 Å². The Morgan fingerprint density at radius 2 is 1.86 bits per heavy atom. The number of amides is 1. The van der Waals surface area contributed by atoms with Gasteiger partial charge in [-0.1, -0.05) is 17.7 Å². The maximum absolute atomic E-state index is 12.5. The van der Waals surface area contributed by atoms with Crippen LogP contribution in [0, 0.1) is 6.92 Å². The minimum atomic E-state index is -0.530. The predicted octanol–water partition coefficient (Wildman–Crippen LogP) is 4.31. The Bertz CT molecular complexity index is 1050. The quantitative estimate of drug-likeness (QED) is 0.368. The zero-order valence-corrected chi connectivity index (χ0v) is 16.6. The highest BCUT2D eigenvalue weighted by atomic mass is 16.5. The van der Waals surface area contributed by atoms with Gasteiger partial charge in [0.15, 0.2) is 0 Å². The number of nitrogens with one attached hydrogen (secondary N) is 1. The summed E-state index contributed by atoms with van der Waals surface area (Å²) >= 11 is 0. The summed E-state index contributed by atoms with van der Waals surface area (Å²) in [6.07, 6.45) is 1.46. The zero-order valence-electron chi connectivity index (χ0n) is 16.6. The number of carbonyl (C=O) groups is 2. The third-order valence-corrected chi connectivity index (χ3v) is 4.47. The molecule has 0 aliphatic carbocycles. The lowest BCUT2D eigenvalue weighted by Crippen LogP contribution is -2.26.